The Balaban J connectivity index is 3.34. The molecule has 5 nitrogen and oxygen atoms in total. The molecule has 1 rings (SSSR count). The van der Waals surface area contributed by atoms with Gasteiger partial charge < -0.3 is 25.2 Å². The lowest BCUT2D eigenvalue weighted by atomic mass is 9.98. The Morgan fingerprint density at radius 3 is 1.42 bits per heavy atom. The third-order valence-electron chi connectivity index (χ3n) is 4.02. The van der Waals surface area contributed by atoms with Gasteiger partial charge in [-0.25, -0.2) is 0 Å². The highest BCUT2D eigenvalue weighted by atomic mass is 32.2. The van der Waals surface area contributed by atoms with Gasteiger partial charge in [0, 0.05) is 0 Å². The van der Waals surface area contributed by atoms with Crippen LogP contribution < -0.4 is 0 Å². The molecular weight excluding hydrogens is 503 g/mol. The molecule has 4 N–H and O–H groups in total. The summed E-state index contributed by atoms with van der Waals surface area (Å²) in [6.45, 7) is -1.34. The summed E-state index contributed by atoms with van der Waals surface area (Å²) < 4.78 is 174. The fourth-order valence-electron chi connectivity index (χ4n) is 2.14. The van der Waals surface area contributed by atoms with E-state index in [0.29, 0.717) is 0 Å². The van der Waals surface area contributed by atoms with Crippen molar-refractivity contribution in [2.45, 2.75) is 65.0 Å². The van der Waals surface area contributed by atoms with Gasteiger partial charge in [-0.2, -0.15) is 57.1 Å². The second kappa shape index (κ2) is 8.23. The number of ether oxygens (including phenoxy) is 1. The van der Waals surface area contributed by atoms with E-state index in [9.17, 15) is 72.4 Å². The van der Waals surface area contributed by atoms with Crippen LogP contribution in [0.15, 0.2) is 0 Å². The van der Waals surface area contributed by atoms with Crippen LogP contribution in [0.2, 0.25) is 0 Å². The fraction of sp³-hybridized carbons (Fsp3) is 1.00. The van der Waals surface area contributed by atoms with Crippen molar-refractivity contribution in [2.75, 3.05) is 6.61 Å². The van der Waals surface area contributed by atoms with E-state index in [4.69, 9.17) is 5.11 Å². The van der Waals surface area contributed by atoms with Gasteiger partial charge in [-0.3, -0.25) is 0 Å². The summed E-state index contributed by atoms with van der Waals surface area (Å²) >= 11 is -1.95. The second-order valence-electron chi connectivity index (χ2n) is 6.13. The zero-order valence-electron chi connectivity index (χ0n) is 14.1. The van der Waals surface area contributed by atoms with Gasteiger partial charge in [0.1, 0.15) is 29.9 Å². The first-order valence-electron chi connectivity index (χ1n) is 7.45. The number of halogens is 13. The van der Waals surface area contributed by atoms with Crippen LogP contribution in [-0.4, -0.2) is 92.0 Å². The molecule has 0 aromatic carbocycles. The molecule has 0 spiro atoms. The lowest BCUT2D eigenvalue weighted by Gasteiger charge is -2.43. The van der Waals surface area contributed by atoms with E-state index in [0.717, 1.165) is 0 Å². The van der Waals surface area contributed by atoms with Crippen molar-refractivity contribution in [2.24, 2.45) is 0 Å². The Morgan fingerprint density at radius 2 is 1.03 bits per heavy atom. The van der Waals surface area contributed by atoms with E-state index < -0.39 is 83.3 Å². The van der Waals surface area contributed by atoms with Gasteiger partial charge in [-0.1, -0.05) is 0 Å². The zero-order valence-corrected chi connectivity index (χ0v) is 14.9. The van der Waals surface area contributed by atoms with Gasteiger partial charge in [0.15, 0.2) is 0 Å². The summed E-state index contributed by atoms with van der Waals surface area (Å²) in [6, 6.07) is 0. The van der Waals surface area contributed by atoms with E-state index in [1.165, 1.54) is 0 Å². The molecule has 186 valence electrons. The molecule has 31 heavy (non-hydrogen) atoms. The van der Waals surface area contributed by atoms with Crippen molar-refractivity contribution in [1.82, 2.24) is 0 Å². The molecule has 0 aliphatic carbocycles. The average molecular weight is 514 g/mol. The first-order valence-corrected chi connectivity index (χ1v) is 8.33. The molecule has 0 aromatic heterocycles. The van der Waals surface area contributed by atoms with Crippen molar-refractivity contribution in [3.05, 3.63) is 0 Å². The number of aliphatic hydroxyl groups excluding tert-OH is 4. The Hall–Kier alpha value is -0.760. The van der Waals surface area contributed by atoms with Crippen LogP contribution in [0.25, 0.3) is 0 Å². The van der Waals surface area contributed by atoms with Crippen LogP contribution in [0.3, 0.4) is 0 Å². The summed E-state index contributed by atoms with van der Waals surface area (Å²) in [7, 11) is 0. The predicted octanol–water partition coefficient (Wildman–Crippen LogP) is 2.22. The van der Waals surface area contributed by atoms with Gasteiger partial charge in [0.05, 0.1) is 6.61 Å². The maximum Gasteiger partial charge on any atom is 0.460 e. The molecule has 0 bridgehead atoms. The third kappa shape index (κ3) is 4.28. The van der Waals surface area contributed by atoms with Gasteiger partial charge in [0.25, 0.3) is 0 Å². The summed E-state index contributed by atoms with van der Waals surface area (Å²) in [5.41, 5.74) is -2.97. The summed E-state index contributed by atoms with van der Waals surface area (Å²) in [5.74, 6) is -31.6. The van der Waals surface area contributed by atoms with Gasteiger partial charge in [0.2, 0.25) is 0 Å². The van der Waals surface area contributed by atoms with Gasteiger partial charge >= 0.3 is 35.1 Å². The minimum atomic E-state index is -8.08. The molecule has 1 saturated heterocycles. The number of rotatable bonds is 7. The van der Waals surface area contributed by atoms with Crippen molar-refractivity contribution < 1.29 is 82.2 Å². The Bertz CT molecular complexity index is 641. The smallest absolute Gasteiger partial charge is 0.394 e. The second-order valence-corrected chi connectivity index (χ2v) is 7.34. The number of thioether (sulfide) groups is 1. The highest BCUT2D eigenvalue weighted by Gasteiger charge is 2.91. The van der Waals surface area contributed by atoms with Crippen molar-refractivity contribution in [1.29, 1.82) is 0 Å². The van der Waals surface area contributed by atoms with E-state index >= 15 is 0 Å². The SMILES string of the molecule is OC[C@H]1O[C@@H](SC(F)(F)C(F)(F)C(F)(F)C(F)(F)C(F)(F)C(F)(F)F)[C@H](O)[C@@H](O)[C@@H]1O. The number of hydrogen-bond donors (Lipinski definition) is 4. The van der Waals surface area contributed by atoms with Crippen LogP contribution in [0, 0.1) is 0 Å². The third-order valence-corrected chi connectivity index (χ3v) is 5.19. The molecule has 5 atom stereocenters. The van der Waals surface area contributed by atoms with Crippen molar-refractivity contribution in [3.63, 3.8) is 0 Å². The van der Waals surface area contributed by atoms with E-state index in [2.05, 4.69) is 4.74 Å². The van der Waals surface area contributed by atoms with Crippen molar-refractivity contribution >= 4 is 11.8 Å². The summed E-state index contributed by atoms with van der Waals surface area (Å²) in [5, 5.41) is 30.3. The Morgan fingerprint density at radius 1 is 0.613 bits per heavy atom. The van der Waals surface area contributed by atoms with Crippen LogP contribution in [0.1, 0.15) is 0 Å². The van der Waals surface area contributed by atoms with E-state index in [-0.39, 0.29) is 0 Å². The van der Waals surface area contributed by atoms with Crippen molar-refractivity contribution in [3.8, 4) is 0 Å². The molecule has 1 aliphatic rings. The molecule has 0 amide bonds. The molecule has 0 saturated carbocycles. The zero-order chi connectivity index (χ0) is 25.0. The molecule has 0 radical (unpaired) electrons. The lowest BCUT2D eigenvalue weighted by molar-refractivity contribution is -0.433. The first kappa shape index (κ1) is 28.3. The van der Waals surface area contributed by atoms with Crippen LogP contribution >= 0.6 is 11.8 Å². The minimum absolute atomic E-state index is 1.34. The van der Waals surface area contributed by atoms with E-state index in [1.54, 1.807) is 0 Å². The van der Waals surface area contributed by atoms with E-state index in [1.807, 2.05) is 0 Å². The van der Waals surface area contributed by atoms with Crippen LogP contribution in [0.4, 0.5) is 57.1 Å². The number of hydrogen-bond acceptors (Lipinski definition) is 6. The number of aliphatic hydroxyl groups is 4. The Labute approximate surface area is 166 Å². The molecule has 0 unspecified atom stereocenters. The molecule has 19 heteroatoms. The van der Waals surface area contributed by atoms with Crippen LogP contribution in [0.5, 0.6) is 0 Å². The average Bonchev–Trinajstić information content (AvgIpc) is 2.60. The molecule has 1 fully saturated rings. The molecule has 0 aromatic rings. The largest absolute Gasteiger partial charge is 0.460 e. The standard InChI is InChI=1S/C12H11F13O5S/c13-7(14,9(17,18)11(21,22)23)8(15,16)10(19,20)12(24,25)31-6-5(29)4(28)3(27)2(1-26)30-6/h2-6,26-29H,1H2/t2-,3-,4+,5-,6+/m1/s1. The molecular formula is C12H11F13O5S. The topological polar surface area (TPSA) is 90.2 Å². The maximum atomic E-state index is 13.8. The summed E-state index contributed by atoms with van der Waals surface area (Å²) in [4.78, 5) is 0. The minimum Gasteiger partial charge on any atom is -0.394 e. The normalized spacial score (nSPS) is 29.9. The summed E-state index contributed by atoms with van der Waals surface area (Å²) in [6.07, 6.45) is -17.2. The lowest BCUT2D eigenvalue weighted by Crippen LogP contribution is -2.70. The molecule has 1 aliphatic heterocycles. The highest BCUT2D eigenvalue weighted by Crippen LogP contribution is 2.62. The number of alkyl halides is 13. The van der Waals surface area contributed by atoms with Crippen LogP contribution in [-0.2, 0) is 4.74 Å². The maximum absolute atomic E-state index is 13.8. The predicted molar refractivity (Wildman–Crippen MR) is 72.1 cm³/mol. The Kier molecular flexibility index (Phi) is 7.50. The highest BCUT2D eigenvalue weighted by molar-refractivity contribution is 8.00. The first-order chi connectivity index (χ1) is 13.5. The van der Waals surface area contributed by atoms with Gasteiger partial charge in [-0.05, 0) is 11.8 Å². The monoisotopic (exact) mass is 514 g/mol. The van der Waals surface area contributed by atoms with Gasteiger partial charge in [-0.15, -0.1) is 0 Å². The molecule has 1 heterocycles. The fourth-order valence-corrected chi connectivity index (χ4v) is 3.21. The quantitative estimate of drug-likeness (QED) is 0.390.